The first-order valence-corrected chi connectivity index (χ1v) is 7.34. The van der Waals surface area contributed by atoms with E-state index in [1.165, 1.54) is 5.56 Å². The molecule has 1 amide bonds. The summed E-state index contributed by atoms with van der Waals surface area (Å²) in [5.74, 6) is 0.0288. The van der Waals surface area contributed by atoms with Gasteiger partial charge in [0.15, 0.2) is 0 Å². The lowest BCUT2D eigenvalue weighted by molar-refractivity contribution is 0.0784. The van der Waals surface area contributed by atoms with Crippen molar-refractivity contribution >= 4 is 21.8 Å². The standard InChI is InChI=1S/C17H18BrNO/c1-12-4-7-14(8-5-12)11-19(3)17(20)15-10-13(2)6-9-16(15)18/h4-10H,11H2,1-3H3. The highest BCUT2D eigenvalue weighted by Crippen LogP contribution is 2.20. The van der Waals surface area contributed by atoms with Crippen molar-refractivity contribution in [2.24, 2.45) is 0 Å². The second-order valence-corrected chi connectivity index (χ2v) is 5.98. The lowest BCUT2D eigenvalue weighted by atomic mass is 10.1. The summed E-state index contributed by atoms with van der Waals surface area (Å²) in [4.78, 5) is 14.2. The highest BCUT2D eigenvalue weighted by atomic mass is 79.9. The molecule has 0 bridgehead atoms. The fourth-order valence-corrected chi connectivity index (χ4v) is 2.46. The Morgan fingerprint density at radius 2 is 1.65 bits per heavy atom. The fourth-order valence-electron chi connectivity index (χ4n) is 2.05. The third-order valence-corrected chi connectivity index (χ3v) is 3.93. The van der Waals surface area contributed by atoms with Crippen LogP contribution in [-0.2, 0) is 6.54 Å². The molecule has 0 fully saturated rings. The molecule has 3 heteroatoms. The summed E-state index contributed by atoms with van der Waals surface area (Å²) in [6.45, 7) is 4.66. The molecule has 104 valence electrons. The quantitative estimate of drug-likeness (QED) is 0.819. The number of hydrogen-bond acceptors (Lipinski definition) is 1. The van der Waals surface area contributed by atoms with Crippen LogP contribution >= 0.6 is 15.9 Å². The van der Waals surface area contributed by atoms with Gasteiger partial charge in [0.1, 0.15) is 0 Å². The van der Waals surface area contributed by atoms with Crippen LogP contribution in [0.15, 0.2) is 46.9 Å². The molecule has 2 aromatic rings. The van der Waals surface area contributed by atoms with Gasteiger partial charge in [-0.1, -0.05) is 41.5 Å². The number of aryl methyl sites for hydroxylation is 2. The summed E-state index contributed by atoms with van der Waals surface area (Å²) in [7, 11) is 1.83. The maximum absolute atomic E-state index is 12.5. The van der Waals surface area contributed by atoms with Crippen molar-refractivity contribution in [2.45, 2.75) is 20.4 Å². The van der Waals surface area contributed by atoms with Gasteiger partial charge in [0.2, 0.25) is 0 Å². The van der Waals surface area contributed by atoms with Gasteiger partial charge in [-0.3, -0.25) is 4.79 Å². The van der Waals surface area contributed by atoms with Crippen LogP contribution in [0, 0.1) is 13.8 Å². The summed E-state index contributed by atoms with van der Waals surface area (Å²) < 4.78 is 0.837. The normalized spacial score (nSPS) is 10.4. The number of halogens is 1. The molecule has 2 aromatic carbocycles. The topological polar surface area (TPSA) is 20.3 Å². The first-order valence-electron chi connectivity index (χ1n) is 6.54. The second kappa shape index (κ2) is 6.23. The number of hydrogen-bond donors (Lipinski definition) is 0. The summed E-state index contributed by atoms with van der Waals surface area (Å²) >= 11 is 3.45. The van der Waals surface area contributed by atoms with Crippen LogP contribution in [-0.4, -0.2) is 17.9 Å². The lowest BCUT2D eigenvalue weighted by Gasteiger charge is -2.18. The third-order valence-electron chi connectivity index (χ3n) is 3.24. The zero-order valence-electron chi connectivity index (χ0n) is 12.0. The van der Waals surface area contributed by atoms with Crippen LogP contribution in [0.25, 0.3) is 0 Å². The first kappa shape index (κ1) is 14.8. The van der Waals surface area contributed by atoms with Crippen molar-refractivity contribution in [3.05, 3.63) is 69.2 Å². The van der Waals surface area contributed by atoms with Gasteiger partial charge in [-0.15, -0.1) is 0 Å². The molecule has 0 saturated carbocycles. The van der Waals surface area contributed by atoms with E-state index in [1.54, 1.807) is 4.90 Å². The smallest absolute Gasteiger partial charge is 0.255 e. The Bertz CT molecular complexity index is 619. The molecule has 0 unspecified atom stereocenters. The molecular formula is C17H18BrNO. The largest absolute Gasteiger partial charge is 0.337 e. The molecule has 0 N–H and O–H groups in total. The van der Waals surface area contributed by atoms with Crippen molar-refractivity contribution < 1.29 is 4.79 Å². The molecule has 2 rings (SSSR count). The fraction of sp³-hybridized carbons (Fsp3) is 0.235. The van der Waals surface area contributed by atoms with Gasteiger partial charge in [0.05, 0.1) is 5.56 Å². The van der Waals surface area contributed by atoms with E-state index in [0.717, 1.165) is 15.6 Å². The van der Waals surface area contributed by atoms with E-state index in [4.69, 9.17) is 0 Å². The lowest BCUT2D eigenvalue weighted by Crippen LogP contribution is -2.26. The molecule has 0 saturated heterocycles. The molecule has 0 aliphatic rings. The minimum atomic E-state index is 0.0288. The number of nitrogens with zero attached hydrogens (tertiary/aromatic N) is 1. The van der Waals surface area contributed by atoms with Gasteiger partial charge in [0, 0.05) is 18.1 Å². The molecule has 2 nitrogen and oxygen atoms in total. The zero-order valence-corrected chi connectivity index (χ0v) is 13.6. The Morgan fingerprint density at radius 3 is 2.30 bits per heavy atom. The van der Waals surface area contributed by atoms with E-state index >= 15 is 0 Å². The summed E-state index contributed by atoms with van der Waals surface area (Å²) in [6.07, 6.45) is 0. The zero-order chi connectivity index (χ0) is 14.7. The number of carbonyl (C=O) groups is 1. The van der Waals surface area contributed by atoms with Gasteiger partial charge in [-0.2, -0.15) is 0 Å². The van der Waals surface area contributed by atoms with E-state index in [1.807, 2.05) is 32.2 Å². The Balaban J connectivity index is 2.16. The van der Waals surface area contributed by atoms with Crippen molar-refractivity contribution in [1.29, 1.82) is 0 Å². The highest BCUT2D eigenvalue weighted by Gasteiger charge is 2.15. The average Bonchev–Trinajstić information content (AvgIpc) is 2.43. The Labute approximate surface area is 128 Å². The molecule has 0 atom stereocenters. The van der Waals surface area contributed by atoms with Crippen LogP contribution in [0.5, 0.6) is 0 Å². The van der Waals surface area contributed by atoms with Crippen LogP contribution in [0.3, 0.4) is 0 Å². The molecule has 0 heterocycles. The van der Waals surface area contributed by atoms with E-state index in [9.17, 15) is 4.79 Å². The summed E-state index contributed by atoms with van der Waals surface area (Å²) in [6, 6.07) is 14.1. The Hall–Kier alpha value is -1.61. The van der Waals surface area contributed by atoms with Crippen LogP contribution in [0.2, 0.25) is 0 Å². The van der Waals surface area contributed by atoms with E-state index in [0.29, 0.717) is 12.1 Å². The molecule has 0 aliphatic carbocycles. The summed E-state index contributed by atoms with van der Waals surface area (Å²) in [5.41, 5.74) is 4.15. The van der Waals surface area contributed by atoms with E-state index in [2.05, 4.69) is 47.1 Å². The highest BCUT2D eigenvalue weighted by molar-refractivity contribution is 9.10. The average molecular weight is 332 g/mol. The van der Waals surface area contributed by atoms with Crippen molar-refractivity contribution in [1.82, 2.24) is 4.90 Å². The van der Waals surface area contributed by atoms with Crippen LogP contribution in [0.4, 0.5) is 0 Å². The monoisotopic (exact) mass is 331 g/mol. The van der Waals surface area contributed by atoms with E-state index in [-0.39, 0.29) is 5.91 Å². The summed E-state index contributed by atoms with van der Waals surface area (Å²) in [5, 5.41) is 0. The molecular weight excluding hydrogens is 314 g/mol. The Morgan fingerprint density at radius 1 is 1.05 bits per heavy atom. The molecule has 20 heavy (non-hydrogen) atoms. The number of benzene rings is 2. The van der Waals surface area contributed by atoms with Gasteiger partial charge < -0.3 is 4.90 Å². The number of rotatable bonds is 3. The molecule has 0 spiro atoms. The number of amides is 1. The van der Waals surface area contributed by atoms with Crippen molar-refractivity contribution in [2.75, 3.05) is 7.05 Å². The van der Waals surface area contributed by atoms with Gasteiger partial charge >= 0.3 is 0 Å². The minimum Gasteiger partial charge on any atom is -0.337 e. The Kier molecular flexibility index (Phi) is 4.61. The predicted molar refractivity (Wildman–Crippen MR) is 85.9 cm³/mol. The minimum absolute atomic E-state index is 0.0288. The van der Waals surface area contributed by atoms with Gasteiger partial charge in [-0.05, 0) is 47.5 Å². The number of carbonyl (C=O) groups excluding carboxylic acids is 1. The SMILES string of the molecule is Cc1ccc(CN(C)C(=O)c2cc(C)ccc2Br)cc1. The van der Waals surface area contributed by atoms with Crippen molar-refractivity contribution in [3.8, 4) is 0 Å². The van der Waals surface area contributed by atoms with Crippen molar-refractivity contribution in [3.63, 3.8) is 0 Å². The van der Waals surface area contributed by atoms with E-state index < -0.39 is 0 Å². The molecule has 0 aromatic heterocycles. The van der Waals surface area contributed by atoms with Crippen LogP contribution in [0.1, 0.15) is 27.0 Å². The van der Waals surface area contributed by atoms with Gasteiger partial charge in [-0.25, -0.2) is 0 Å². The third kappa shape index (κ3) is 3.48. The first-order chi connectivity index (χ1) is 9.47. The predicted octanol–water partition coefficient (Wildman–Crippen LogP) is 4.34. The second-order valence-electron chi connectivity index (χ2n) is 5.13. The maximum atomic E-state index is 12.5. The van der Waals surface area contributed by atoms with Gasteiger partial charge in [0.25, 0.3) is 5.91 Å². The maximum Gasteiger partial charge on any atom is 0.255 e. The van der Waals surface area contributed by atoms with Crippen LogP contribution < -0.4 is 0 Å². The molecule has 0 radical (unpaired) electrons. The molecule has 0 aliphatic heterocycles.